The van der Waals surface area contributed by atoms with Crippen LogP contribution in [0.5, 0.6) is 0 Å². The van der Waals surface area contributed by atoms with Gasteiger partial charge < -0.3 is 10.6 Å². The predicted molar refractivity (Wildman–Crippen MR) is 91.2 cm³/mol. The lowest BCUT2D eigenvalue weighted by molar-refractivity contribution is -0.119. The first-order chi connectivity index (χ1) is 10.0. The Morgan fingerprint density at radius 1 is 1.24 bits per heavy atom. The molecule has 0 saturated heterocycles. The number of pyridine rings is 1. The topological polar surface area (TPSA) is 54.0 Å². The second kappa shape index (κ2) is 7.28. The molecule has 1 amide bonds. The van der Waals surface area contributed by atoms with Gasteiger partial charge in [0.05, 0.1) is 12.1 Å². The van der Waals surface area contributed by atoms with Crippen molar-refractivity contribution >= 4 is 45.0 Å². The number of amides is 1. The van der Waals surface area contributed by atoms with E-state index in [0.29, 0.717) is 5.82 Å². The van der Waals surface area contributed by atoms with Crippen LogP contribution in [-0.4, -0.2) is 16.0 Å². The van der Waals surface area contributed by atoms with Crippen LogP contribution in [0.25, 0.3) is 0 Å². The number of nitrogens with zero attached hydrogens (tertiary/aromatic N) is 1. The number of carbonyl (C=O) groups excluding carboxylic acids is 1. The molecule has 2 aromatic rings. The van der Waals surface area contributed by atoms with Gasteiger partial charge in [-0.15, -0.1) is 0 Å². The molecule has 1 heterocycles. The first-order valence-electron chi connectivity index (χ1n) is 6.32. The van der Waals surface area contributed by atoms with E-state index in [-0.39, 0.29) is 17.4 Å². The molecule has 0 aliphatic rings. The Labute approximate surface area is 137 Å². The second-order valence-corrected chi connectivity index (χ2v) is 5.69. The van der Waals surface area contributed by atoms with Gasteiger partial charge in [-0.3, -0.25) is 4.79 Å². The first kappa shape index (κ1) is 15.6. The van der Waals surface area contributed by atoms with Crippen LogP contribution < -0.4 is 10.6 Å². The highest BCUT2D eigenvalue weighted by Gasteiger charge is 2.07. The third-order valence-corrected chi connectivity index (χ3v) is 3.77. The van der Waals surface area contributed by atoms with E-state index < -0.39 is 0 Å². The molecule has 6 heteroatoms. The van der Waals surface area contributed by atoms with Gasteiger partial charge in [0.2, 0.25) is 5.91 Å². The maximum absolute atomic E-state index is 11.9. The average Bonchev–Trinajstić information content (AvgIpc) is 2.43. The SMILES string of the molecule is Cc1nc(NC(=S)NC(=O)Cc2ccccc2)ccc1Br. The number of nitrogens with one attached hydrogen (secondary N) is 2. The Hall–Kier alpha value is -1.79. The van der Waals surface area contributed by atoms with Gasteiger partial charge in [-0.25, -0.2) is 4.98 Å². The molecule has 0 aliphatic carbocycles. The molecule has 4 nitrogen and oxygen atoms in total. The highest BCUT2D eigenvalue weighted by Crippen LogP contribution is 2.16. The van der Waals surface area contributed by atoms with E-state index in [1.165, 1.54) is 0 Å². The predicted octanol–water partition coefficient (Wildman–Crippen LogP) is 3.21. The van der Waals surface area contributed by atoms with Crippen LogP contribution >= 0.6 is 28.1 Å². The number of halogens is 1. The fourth-order valence-electron chi connectivity index (χ4n) is 1.71. The van der Waals surface area contributed by atoms with Crippen molar-refractivity contribution in [2.45, 2.75) is 13.3 Å². The van der Waals surface area contributed by atoms with Crippen molar-refractivity contribution in [1.29, 1.82) is 0 Å². The van der Waals surface area contributed by atoms with E-state index in [1.54, 1.807) is 6.07 Å². The first-order valence-corrected chi connectivity index (χ1v) is 7.52. The molecule has 0 atom stereocenters. The molecule has 0 radical (unpaired) electrons. The zero-order valence-electron chi connectivity index (χ0n) is 11.4. The van der Waals surface area contributed by atoms with Gasteiger partial charge in [-0.2, -0.15) is 0 Å². The molecular weight excluding hydrogens is 350 g/mol. The van der Waals surface area contributed by atoms with E-state index in [2.05, 4.69) is 31.5 Å². The number of hydrogen-bond acceptors (Lipinski definition) is 3. The normalized spacial score (nSPS) is 10.0. The quantitative estimate of drug-likeness (QED) is 0.822. The van der Waals surface area contributed by atoms with E-state index in [4.69, 9.17) is 12.2 Å². The molecule has 0 bridgehead atoms. The standard InChI is InChI=1S/C15H14BrN3OS/c1-10-12(16)7-8-13(17-10)18-15(21)19-14(20)9-11-5-3-2-4-6-11/h2-8H,9H2,1H3,(H2,17,18,19,20,21). The van der Waals surface area contributed by atoms with Crippen LogP contribution in [0.4, 0.5) is 5.82 Å². The molecule has 0 fully saturated rings. The Morgan fingerprint density at radius 2 is 1.95 bits per heavy atom. The molecule has 0 spiro atoms. The third-order valence-electron chi connectivity index (χ3n) is 2.72. The van der Waals surface area contributed by atoms with Gasteiger partial charge in [-0.1, -0.05) is 30.3 Å². The van der Waals surface area contributed by atoms with Gasteiger partial charge >= 0.3 is 0 Å². The van der Waals surface area contributed by atoms with Gasteiger partial charge in [0.25, 0.3) is 0 Å². The zero-order valence-corrected chi connectivity index (χ0v) is 13.8. The maximum Gasteiger partial charge on any atom is 0.230 e. The molecule has 108 valence electrons. The number of benzene rings is 1. The lowest BCUT2D eigenvalue weighted by Crippen LogP contribution is -2.35. The molecule has 0 aliphatic heterocycles. The summed E-state index contributed by atoms with van der Waals surface area (Å²) >= 11 is 8.49. The van der Waals surface area contributed by atoms with Crippen molar-refractivity contribution in [3.8, 4) is 0 Å². The summed E-state index contributed by atoms with van der Waals surface area (Å²) in [7, 11) is 0. The number of rotatable bonds is 3. The summed E-state index contributed by atoms with van der Waals surface area (Å²) in [4.78, 5) is 16.2. The number of aromatic nitrogens is 1. The minimum atomic E-state index is -0.160. The molecule has 21 heavy (non-hydrogen) atoms. The fraction of sp³-hybridized carbons (Fsp3) is 0.133. The summed E-state index contributed by atoms with van der Waals surface area (Å²) in [5, 5.41) is 5.78. The highest BCUT2D eigenvalue weighted by atomic mass is 79.9. The molecule has 1 aromatic carbocycles. The van der Waals surface area contributed by atoms with Crippen molar-refractivity contribution in [3.63, 3.8) is 0 Å². The minimum absolute atomic E-state index is 0.160. The molecule has 2 N–H and O–H groups in total. The smallest absolute Gasteiger partial charge is 0.230 e. The number of aryl methyl sites for hydroxylation is 1. The van der Waals surface area contributed by atoms with Crippen molar-refractivity contribution < 1.29 is 4.79 Å². The summed E-state index contributed by atoms with van der Waals surface area (Å²) in [5.41, 5.74) is 1.79. The fourth-order valence-corrected chi connectivity index (χ4v) is 2.15. The molecule has 0 saturated carbocycles. The van der Waals surface area contributed by atoms with Gasteiger partial charge in [0.15, 0.2) is 5.11 Å². The lowest BCUT2D eigenvalue weighted by atomic mass is 10.1. The van der Waals surface area contributed by atoms with E-state index in [9.17, 15) is 4.79 Å². The summed E-state index contributed by atoms with van der Waals surface area (Å²) in [6.07, 6.45) is 0.287. The Morgan fingerprint density at radius 3 is 2.62 bits per heavy atom. The van der Waals surface area contributed by atoms with Crippen molar-refractivity contribution in [2.75, 3.05) is 5.32 Å². The van der Waals surface area contributed by atoms with E-state index in [1.807, 2.05) is 43.3 Å². The van der Waals surface area contributed by atoms with Crippen LogP contribution in [0.2, 0.25) is 0 Å². The van der Waals surface area contributed by atoms with Crippen LogP contribution in [0.3, 0.4) is 0 Å². The van der Waals surface area contributed by atoms with Crippen LogP contribution in [-0.2, 0) is 11.2 Å². The number of anilines is 1. The van der Waals surface area contributed by atoms with Crippen LogP contribution in [0.1, 0.15) is 11.3 Å². The summed E-state index contributed by atoms with van der Waals surface area (Å²) in [6.45, 7) is 1.88. The van der Waals surface area contributed by atoms with Crippen molar-refractivity contribution in [1.82, 2.24) is 10.3 Å². The molecule has 1 aromatic heterocycles. The zero-order chi connectivity index (χ0) is 15.2. The maximum atomic E-state index is 11.9. The number of hydrogen-bond donors (Lipinski definition) is 2. The lowest BCUT2D eigenvalue weighted by Gasteiger charge is -2.10. The van der Waals surface area contributed by atoms with Crippen molar-refractivity contribution in [3.05, 3.63) is 58.2 Å². The minimum Gasteiger partial charge on any atom is -0.317 e. The van der Waals surface area contributed by atoms with Crippen molar-refractivity contribution in [2.24, 2.45) is 0 Å². The van der Waals surface area contributed by atoms with Crippen LogP contribution in [0.15, 0.2) is 46.9 Å². The number of carbonyl (C=O) groups is 1. The Bertz CT molecular complexity index is 661. The summed E-state index contributed by atoms with van der Waals surface area (Å²) < 4.78 is 0.923. The molecule has 0 unspecified atom stereocenters. The Balaban J connectivity index is 1.89. The van der Waals surface area contributed by atoms with Gasteiger partial charge in [0.1, 0.15) is 5.82 Å². The average molecular weight is 364 g/mol. The van der Waals surface area contributed by atoms with E-state index in [0.717, 1.165) is 15.7 Å². The third kappa shape index (κ3) is 4.91. The summed E-state index contributed by atoms with van der Waals surface area (Å²) in [5.74, 6) is 0.438. The van der Waals surface area contributed by atoms with Gasteiger partial charge in [-0.05, 0) is 52.8 Å². The van der Waals surface area contributed by atoms with E-state index >= 15 is 0 Å². The summed E-state index contributed by atoms with van der Waals surface area (Å²) in [6, 6.07) is 13.2. The Kier molecular flexibility index (Phi) is 5.41. The molecular formula is C15H14BrN3OS. The van der Waals surface area contributed by atoms with Crippen LogP contribution in [0, 0.1) is 6.92 Å². The second-order valence-electron chi connectivity index (χ2n) is 4.43. The molecule has 2 rings (SSSR count). The highest BCUT2D eigenvalue weighted by molar-refractivity contribution is 9.10. The largest absolute Gasteiger partial charge is 0.317 e. The van der Waals surface area contributed by atoms with Gasteiger partial charge in [0, 0.05) is 4.47 Å². The number of thiocarbonyl (C=S) groups is 1. The monoisotopic (exact) mass is 363 g/mol.